The fraction of sp³-hybridized carbons (Fsp3) is 0.692. The molecule has 2 atom stereocenters. The normalized spacial score (nSPS) is 23.3. The van der Waals surface area contributed by atoms with Crippen LogP contribution in [0.25, 0.3) is 0 Å². The minimum absolute atomic E-state index is 0.233. The summed E-state index contributed by atoms with van der Waals surface area (Å²) >= 11 is 0. The summed E-state index contributed by atoms with van der Waals surface area (Å²) < 4.78 is 11.3. The Morgan fingerprint density at radius 3 is 2.89 bits per heavy atom. The molecule has 0 aromatic carbocycles. The lowest BCUT2D eigenvalue weighted by Crippen LogP contribution is -2.27. The van der Waals surface area contributed by atoms with Crippen LogP contribution in [0.1, 0.15) is 37.2 Å². The number of methoxy groups -OCH3 is 1. The van der Waals surface area contributed by atoms with E-state index in [1.807, 2.05) is 6.92 Å². The maximum Gasteiger partial charge on any atom is 0.156 e. The summed E-state index contributed by atoms with van der Waals surface area (Å²) in [6.45, 7) is 2.32. The van der Waals surface area contributed by atoms with Crippen molar-refractivity contribution >= 4 is 5.82 Å². The van der Waals surface area contributed by atoms with Gasteiger partial charge in [0.15, 0.2) is 5.82 Å². The minimum Gasteiger partial charge on any atom is -0.381 e. The number of nitrogen functional groups attached to an aromatic ring is 1. The lowest BCUT2D eigenvalue weighted by atomic mass is 9.95. The second kappa shape index (κ2) is 6.79. The van der Waals surface area contributed by atoms with Crippen LogP contribution in [-0.4, -0.2) is 29.3 Å². The lowest BCUT2D eigenvalue weighted by molar-refractivity contribution is -0.0381. The molecule has 1 fully saturated rings. The second-order valence-electron chi connectivity index (χ2n) is 4.91. The molecule has 0 spiro atoms. The molecule has 1 aliphatic rings. The maximum absolute atomic E-state index is 5.88. The van der Waals surface area contributed by atoms with E-state index < -0.39 is 0 Å². The highest BCUT2D eigenvalue weighted by atomic mass is 16.5. The Morgan fingerprint density at radius 1 is 1.37 bits per heavy atom. The molecule has 0 saturated heterocycles. The Kier molecular flexibility index (Phi) is 5.07. The van der Waals surface area contributed by atoms with Gasteiger partial charge in [0.25, 0.3) is 0 Å². The lowest BCUT2D eigenvalue weighted by Gasteiger charge is -2.28. The fourth-order valence-corrected chi connectivity index (χ4v) is 2.43. The van der Waals surface area contributed by atoms with Crippen molar-refractivity contribution in [3.05, 3.63) is 17.6 Å². The zero-order valence-electron chi connectivity index (χ0n) is 11.6. The third-order valence-electron chi connectivity index (χ3n) is 3.41. The predicted molar refractivity (Wildman–Crippen MR) is 72.4 cm³/mol. The summed E-state index contributed by atoms with van der Waals surface area (Å²) in [5, 5.41) is 0. The molecule has 1 aromatic rings. The number of hydrogen-bond donors (Lipinski definition) is 2. The monoisotopic (exact) mass is 266 g/mol. The first kappa shape index (κ1) is 14.2. The smallest absolute Gasteiger partial charge is 0.156 e. The molecule has 0 amide bonds. The van der Waals surface area contributed by atoms with Gasteiger partial charge in [0.05, 0.1) is 12.2 Å². The Balaban J connectivity index is 1.89. The highest BCUT2D eigenvalue weighted by molar-refractivity contribution is 5.33. The van der Waals surface area contributed by atoms with Crippen molar-refractivity contribution < 1.29 is 9.47 Å². The second-order valence-corrected chi connectivity index (χ2v) is 4.91. The molecule has 106 valence electrons. The minimum atomic E-state index is 0.233. The molecule has 1 aliphatic carbocycles. The summed E-state index contributed by atoms with van der Waals surface area (Å²) in [5.41, 5.74) is 3.41. The van der Waals surface area contributed by atoms with Crippen molar-refractivity contribution in [2.45, 2.75) is 51.4 Å². The number of aromatic nitrogens is 2. The van der Waals surface area contributed by atoms with Crippen LogP contribution in [0, 0.1) is 6.92 Å². The molecule has 6 nitrogen and oxygen atoms in total. The Hall–Kier alpha value is -1.24. The van der Waals surface area contributed by atoms with E-state index in [0.29, 0.717) is 24.4 Å². The third-order valence-corrected chi connectivity index (χ3v) is 3.41. The number of aryl methyl sites for hydroxylation is 1. The van der Waals surface area contributed by atoms with Gasteiger partial charge in [-0.3, -0.25) is 0 Å². The van der Waals surface area contributed by atoms with E-state index in [-0.39, 0.29) is 6.10 Å². The topological polar surface area (TPSA) is 82.3 Å². The van der Waals surface area contributed by atoms with Crippen LogP contribution in [0.15, 0.2) is 6.07 Å². The van der Waals surface area contributed by atoms with Crippen LogP contribution in [0.4, 0.5) is 5.82 Å². The summed E-state index contributed by atoms with van der Waals surface area (Å²) in [7, 11) is 1.76. The van der Waals surface area contributed by atoms with E-state index in [1.165, 1.54) is 0 Å². The molecule has 1 heterocycles. The van der Waals surface area contributed by atoms with E-state index in [1.54, 1.807) is 13.2 Å². The molecule has 0 aliphatic heterocycles. The molecule has 6 heteroatoms. The van der Waals surface area contributed by atoms with Crippen LogP contribution in [0.2, 0.25) is 0 Å². The molecule has 0 bridgehead atoms. The maximum atomic E-state index is 5.88. The first-order valence-corrected chi connectivity index (χ1v) is 6.67. The number of ether oxygens (including phenoxy) is 2. The van der Waals surface area contributed by atoms with Crippen molar-refractivity contribution in [2.24, 2.45) is 5.84 Å². The number of anilines is 1. The molecular formula is C13H22N4O2. The number of nitrogens with zero attached hydrogens (tertiary/aromatic N) is 2. The Labute approximate surface area is 113 Å². The zero-order chi connectivity index (χ0) is 13.7. The van der Waals surface area contributed by atoms with Crippen LogP contribution in [0.5, 0.6) is 0 Å². The molecule has 3 N–H and O–H groups in total. The standard InChI is InChI=1S/C13H22N4O2/c1-9-6-12(17-14)16-13(15-9)8-19-11-5-3-4-10(7-11)18-2/h6,10-11H,3-5,7-8,14H2,1-2H3,(H,15,16,17). The average Bonchev–Trinajstić information content (AvgIpc) is 2.44. The van der Waals surface area contributed by atoms with Gasteiger partial charge in [-0.25, -0.2) is 15.8 Å². The van der Waals surface area contributed by atoms with Gasteiger partial charge in [0.1, 0.15) is 12.4 Å². The largest absolute Gasteiger partial charge is 0.381 e. The molecule has 1 aromatic heterocycles. The summed E-state index contributed by atoms with van der Waals surface area (Å²) in [4.78, 5) is 8.61. The van der Waals surface area contributed by atoms with Gasteiger partial charge < -0.3 is 14.9 Å². The Morgan fingerprint density at radius 2 is 2.16 bits per heavy atom. The van der Waals surface area contributed by atoms with Gasteiger partial charge >= 0.3 is 0 Å². The highest BCUT2D eigenvalue weighted by Gasteiger charge is 2.22. The molecule has 2 unspecified atom stereocenters. The van der Waals surface area contributed by atoms with Crippen molar-refractivity contribution in [1.82, 2.24) is 9.97 Å². The van der Waals surface area contributed by atoms with Crippen LogP contribution < -0.4 is 11.3 Å². The van der Waals surface area contributed by atoms with E-state index in [4.69, 9.17) is 15.3 Å². The van der Waals surface area contributed by atoms with Gasteiger partial charge in [0, 0.05) is 18.9 Å². The number of hydrazine groups is 1. The van der Waals surface area contributed by atoms with Gasteiger partial charge in [-0.05, 0) is 32.6 Å². The first-order chi connectivity index (χ1) is 9.21. The molecule has 2 rings (SSSR count). The van der Waals surface area contributed by atoms with Gasteiger partial charge in [-0.1, -0.05) is 0 Å². The number of hydrogen-bond acceptors (Lipinski definition) is 6. The van der Waals surface area contributed by atoms with Crippen LogP contribution in [-0.2, 0) is 16.1 Å². The first-order valence-electron chi connectivity index (χ1n) is 6.67. The van der Waals surface area contributed by atoms with E-state index in [0.717, 1.165) is 31.4 Å². The van der Waals surface area contributed by atoms with Crippen LogP contribution >= 0.6 is 0 Å². The highest BCUT2D eigenvalue weighted by Crippen LogP contribution is 2.23. The Bertz CT molecular complexity index is 414. The molecule has 19 heavy (non-hydrogen) atoms. The predicted octanol–water partition coefficient (Wildman–Crippen LogP) is 1.54. The quantitative estimate of drug-likeness (QED) is 0.621. The van der Waals surface area contributed by atoms with Crippen molar-refractivity contribution in [1.29, 1.82) is 0 Å². The fourth-order valence-electron chi connectivity index (χ4n) is 2.43. The van der Waals surface area contributed by atoms with E-state index in [2.05, 4.69) is 15.4 Å². The SMILES string of the molecule is COC1CCCC(OCc2nc(C)cc(NN)n2)C1. The molecular weight excluding hydrogens is 244 g/mol. The number of nitrogens with one attached hydrogen (secondary N) is 1. The summed E-state index contributed by atoms with van der Waals surface area (Å²) in [5.74, 6) is 6.64. The number of rotatable bonds is 5. The summed E-state index contributed by atoms with van der Waals surface area (Å²) in [6.07, 6.45) is 4.85. The van der Waals surface area contributed by atoms with E-state index >= 15 is 0 Å². The zero-order valence-corrected chi connectivity index (χ0v) is 11.6. The van der Waals surface area contributed by atoms with E-state index in [9.17, 15) is 0 Å². The van der Waals surface area contributed by atoms with Gasteiger partial charge in [-0.2, -0.15) is 0 Å². The number of nitrogens with two attached hydrogens (primary N) is 1. The molecule has 0 radical (unpaired) electrons. The van der Waals surface area contributed by atoms with Crippen LogP contribution in [0.3, 0.4) is 0 Å². The molecule has 1 saturated carbocycles. The van der Waals surface area contributed by atoms with Crippen molar-refractivity contribution in [3.63, 3.8) is 0 Å². The van der Waals surface area contributed by atoms with Crippen molar-refractivity contribution in [2.75, 3.05) is 12.5 Å². The summed E-state index contributed by atoms with van der Waals surface area (Å²) in [6, 6.07) is 1.80. The van der Waals surface area contributed by atoms with Gasteiger partial charge in [0.2, 0.25) is 0 Å². The van der Waals surface area contributed by atoms with Gasteiger partial charge in [-0.15, -0.1) is 0 Å². The third kappa shape index (κ3) is 4.12. The van der Waals surface area contributed by atoms with Crippen molar-refractivity contribution in [3.8, 4) is 0 Å². The average molecular weight is 266 g/mol.